The van der Waals surface area contributed by atoms with Gasteiger partial charge in [-0.3, -0.25) is 4.79 Å². The van der Waals surface area contributed by atoms with Crippen LogP contribution in [0.15, 0.2) is 47.8 Å². The number of anilines is 3. The Balaban J connectivity index is 1.39. The molecule has 3 N–H and O–H groups in total. The summed E-state index contributed by atoms with van der Waals surface area (Å²) in [5.41, 5.74) is 12.4. The molecule has 0 aliphatic carbocycles. The number of aromatic nitrogens is 1. The monoisotopic (exact) mass is 392 g/mol. The molecule has 0 atom stereocenters. The second-order valence-corrected chi connectivity index (χ2v) is 8.14. The van der Waals surface area contributed by atoms with Crippen molar-refractivity contribution in [1.82, 2.24) is 4.98 Å². The van der Waals surface area contributed by atoms with E-state index in [9.17, 15) is 4.79 Å². The summed E-state index contributed by atoms with van der Waals surface area (Å²) in [6.07, 6.45) is 2.42. The van der Waals surface area contributed by atoms with E-state index in [2.05, 4.69) is 26.6 Å². The average molecular weight is 393 g/mol. The molecule has 1 aliphatic rings. The lowest BCUT2D eigenvalue weighted by Crippen LogP contribution is -2.29. The number of nitrogen functional groups attached to an aromatic ring is 1. The summed E-state index contributed by atoms with van der Waals surface area (Å²) in [5.74, 6) is -0.0409. The number of fused-ring (bicyclic) bond motifs is 1. The van der Waals surface area contributed by atoms with Crippen LogP contribution in [0.3, 0.4) is 0 Å². The highest BCUT2D eigenvalue weighted by molar-refractivity contribution is 7.09. The first-order valence-electron chi connectivity index (χ1n) is 9.50. The smallest absolute Gasteiger partial charge is 0.231 e. The summed E-state index contributed by atoms with van der Waals surface area (Å²) < 4.78 is 0. The maximum absolute atomic E-state index is 12.3. The summed E-state index contributed by atoms with van der Waals surface area (Å²) >= 11 is 1.54. The van der Waals surface area contributed by atoms with Gasteiger partial charge in [0.25, 0.3) is 0 Å². The van der Waals surface area contributed by atoms with Crippen LogP contribution in [0, 0.1) is 6.92 Å². The number of hydrogen-bond donors (Lipinski definition) is 2. The molecule has 1 amide bonds. The molecule has 1 aromatic heterocycles. The Morgan fingerprint density at radius 3 is 2.89 bits per heavy atom. The SMILES string of the molecule is Cc1ccc(NC(=O)Cc2nc(CN3CCCc4c(N)cccc43)cs2)cc1. The number of hydrogen-bond acceptors (Lipinski definition) is 5. The van der Waals surface area contributed by atoms with Crippen molar-refractivity contribution in [2.24, 2.45) is 0 Å². The van der Waals surface area contributed by atoms with E-state index in [1.165, 1.54) is 16.8 Å². The number of thiazole rings is 1. The molecule has 0 bridgehead atoms. The van der Waals surface area contributed by atoms with Gasteiger partial charge in [0.05, 0.1) is 18.7 Å². The van der Waals surface area contributed by atoms with Gasteiger partial charge in [-0.15, -0.1) is 11.3 Å². The van der Waals surface area contributed by atoms with Crippen molar-refractivity contribution in [3.8, 4) is 0 Å². The van der Waals surface area contributed by atoms with Crippen LogP contribution in [0.5, 0.6) is 0 Å². The average Bonchev–Trinajstić information content (AvgIpc) is 3.11. The third kappa shape index (κ3) is 4.17. The van der Waals surface area contributed by atoms with Gasteiger partial charge in [0.15, 0.2) is 0 Å². The minimum atomic E-state index is -0.0409. The number of carbonyl (C=O) groups excluding carboxylic acids is 1. The Kier molecular flexibility index (Phi) is 5.30. The summed E-state index contributed by atoms with van der Waals surface area (Å²) in [7, 11) is 0. The fourth-order valence-electron chi connectivity index (χ4n) is 3.57. The van der Waals surface area contributed by atoms with Crippen molar-refractivity contribution >= 4 is 34.3 Å². The van der Waals surface area contributed by atoms with Gasteiger partial charge >= 0.3 is 0 Å². The largest absolute Gasteiger partial charge is 0.398 e. The summed E-state index contributed by atoms with van der Waals surface area (Å²) in [6, 6.07) is 13.9. The fourth-order valence-corrected chi connectivity index (χ4v) is 4.35. The molecule has 0 radical (unpaired) electrons. The fraction of sp³-hybridized carbons (Fsp3) is 0.273. The third-order valence-corrected chi connectivity index (χ3v) is 5.88. The molecule has 5 nitrogen and oxygen atoms in total. The first-order chi connectivity index (χ1) is 13.6. The molecular weight excluding hydrogens is 368 g/mol. The molecule has 2 heterocycles. The van der Waals surface area contributed by atoms with E-state index < -0.39 is 0 Å². The quantitative estimate of drug-likeness (QED) is 0.640. The van der Waals surface area contributed by atoms with Crippen LogP contribution in [-0.2, 0) is 24.2 Å². The van der Waals surface area contributed by atoms with Crippen molar-refractivity contribution in [2.45, 2.75) is 32.7 Å². The molecule has 0 spiro atoms. The van der Waals surface area contributed by atoms with Crippen LogP contribution in [0.4, 0.5) is 17.1 Å². The summed E-state index contributed by atoms with van der Waals surface area (Å²) in [4.78, 5) is 19.3. The van der Waals surface area contributed by atoms with E-state index in [4.69, 9.17) is 5.73 Å². The number of nitrogens with two attached hydrogens (primary N) is 1. The highest BCUT2D eigenvalue weighted by Crippen LogP contribution is 2.32. The standard InChI is InChI=1S/C22H24N4OS/c1-15-7-9-16(10-8-15)24-21(27)12-22-25-17(14-28-22)13-26-11-3-4-18-19(23)5-2-6-20(18)26/h2,5-10,14H,3-4,11-13,23H2,1H3,(H,24,27). The lowest BCUT2D eigenvalue weighted by atomic mass is 10.00. The zero-order valence-corrected chi connectivity index (χ0v) is 16.8. The lowest BCUT2D eigenvalue weighted by Gasteiger charge is -2.31. The van der Waals surface area contributed by atoms with Crippen molar-refractivity contribution in [3.63, 3.8) is 0 Å². The van der Waals surface area contributed by atoms with E-state index in [0.717, 1.165) is 48.0 Å². The summed E-state index contributed by atoms with van der Waals surface area (Å²) in [5, 5.41) is 5.82. The molecular formula is C22H24N4OS. The first kappa shape index (κ1) is 18.5. The second kappa shape index (κ2) is 8.02. The molecule has 3 aromatic rings. The van der Waals surface area contributed by atoms with Crippen molar-refractivity contribution in [3.05, 3.63) is 69.7 Å². The van der Waals surface area contributed by atoms with Crippen molar-refractivity contribution in [1.29, 1.82) is 0 Å². The number of benzene rings is 2. The topological polar surface area (TPSA) is 71.2 Å². The van der Waals surface area contributed by atoms with Crippen molar-refractivity contribution in [2.75, 3.05) is 22.5 Å². The van der Waals surface area contributed by atoms with E-state index in [1.807, 2.05) is 43.3 Å². The second-order valence-electron chi connectivity index (χ2n) is 7.19. The molecule has 1 aliphatic heterocycles. The van der Waals surface area contributed by atoms with Crippen LogP contribution in [0.2, 0.25) is 0 Å². The van der Waals surface area contributed by atoms with Crippen LogP contribution in [0.1, 0.15) is 28.2 Å². The van der Waals surface area contributed by atoms with Gasteiger partial charge in [-0.1, -0.05) is 23.8 Å². The number of aryl methyl sites for hydroxylation is 1. The first-order valence-corrected chi connectivity index (χ1v) is 10.4. The highest BCUT2D eigenvalue weighted by Gasteiger charge is 2.19. The van der Waals surface area contributed by atoms with E-state index in [0.29, 0.717) is 6.42 Å². The Morgan fingerprint density at radius 1 is 1.25 bits per heavy atom. The van der Waals surface area contributed by atoms with Gasteiger partial charge in [0.2, 0.25) is 5.91 Å². The van der Waals surface area contributed by atoms with Gasteiger partial charge in [-0.2, -0.15) is 0 Å². The van der Waals surface area contributed by atoms with Gasteiger partial charge in [0, 0.05) is 29.0 Å². The molecule has 6 heteroatoms. The Hall–Kier alpha value is -2.86. The normalized spacial score (nSPS) is 13.2. The van der Waals surface area contributed by atoms with E-state index in [1.54, 1.807) is 11.3 Å². The molecule has 0 saturated heterocycles. The van der Waals surface area contributed by atoms with Crippen LogP contribution >= 0.6 is 11.3 Å². The molecule has 0 saturated carbocycles. The molecule has 0 unspecified atom stereocenters. The number of nitrogens with one attached hydrogen (secondary N) is 1. The molecule has 144 valence electrons. The maximum Gasteiger partial charge on any atom is 0.231 e. The minimum Gasteiger partial charge on any atom is -0.398 e. The number of nitrogens with zero attached hydrogens (tertiary/aromatic N) is 2. The predicted molar refractivity (Wildman–Crippen MR) is 116 cm³/mol. The Morgan fingerprint density at radius 2 is 2.07 bits per heavy atom. The van der Waals surface area contributed by atoms with Gasteiger partial charge < -0.3 is 16.0 Å². The molecule has 0 fully saturated rings. The van der Waals surface area contributed by atoms with E-state index >= 15 is 0 Å². The van der Waals surface area contributed by atoms with Crippen LogP contribution in [-0.4, -0.2) is 17.4 Å². The number of amides is 1. The zero-order chi connectivity index (χ0) is 19.5. The third-order valence-electron chi connectivity index (χ3n) is 4.98. The molecule has 2 aromatic carbocycles. The lowest BCUT2D eigenvalue weighted by molar-refractivity contribution is -0.115. The Labute approximate surface area is 169 Å². The van der Waals surface area contributed by atoms with Gasteiger partial charge in [0.1, 0.15) is 5.01 Å². The molecule has 28 heavy (non-hydrogen) atoms. The van der Waals surface area contributed by atoms with Gasteiger partial charge in [-0.25, -0.2) is 4.98 Å². The minimum absolute atomic E-state index is 0.0409. The number of carbonyl (C=O) groups is 1. The number of rotatable bonds is 5. The molecule has 4 rings (SSSR count). The van der Waals surface area contributed by atoms with E-state index in [-0.39, 0.29) is 5.91 Å². The zero-order valence-electron chi connectivity index (χ0n) is 15.9. The predicted octanol–water partition coefficient (Wildman–Crippen LogP) is 4.17. The highest BCUT2D eigenvalue weighted by atomic mass is 32.1. The van der Waals surface area contributed by atoms with Crippen LogP contribution in [0.25, 0.3) is 0 Å². The van der Waals surface area contributed by atoms with Gasteiger partial charge in [-0.05, 0) is 49.6 Å². The Bertz CT molecular complexity index is 980. The maximum atomic E-state index is 12.3. The van der Waals surface area contributed by atoms with Crippen molar-refractivity contribution < 1.29 is 4.79 Å². The van der Waals surface area contributed by atoms with Crippen LogP contribution < -0.4 is 16.0 Å². The summed E-state index contributed by atoms with van der Waals surface area (Å²) in [6.45, 7) is 3.77.